The van der Waals surface area contributed by atoms with Gasteiger partial charge in [-0.05, 0) is 0 Å². The number of fused-ring (bicyclic) bond motifs is 2. The molecule has 114 valence electrons. The second kappa shape index (κ2) is 3.95. The summed E-state index contributed by atoms with van der Waals surface area (Å²) in [6.07, 6.45) is 8.01. The van der Waals surface area contributed by atoms with Crippen molar-refractivity contribution in [1.82, 2.24) is 0 Å². The van der Waals surface area contributed by atoms with Crippen molar-refractivity contribution in [3.8, 4) is 23.0 Å². The minimum Gasteiger partial charge on any atom is -0.380 e. The van der Waals surface area contributed by atoms with E-state index in [0.717, 1.165) is 23.0 Å². The molecular weight excluding hydrogens is 312 g/mol. The molecule has 0 unspecified atom stereocenters. The average Bonchev–Trinajstić information content (AvgIpc) is 2.63. The average molecular weight is 335 g/mol. The minimum absolute atomic E-state index is 0.807. The van der Waals surface area contributed by atoms with Gasteiger partial charge in [0, 0.05) is 36.3 Å². The van der Waals surface area contributed by atoms with Crippen LogP contribution in [0.1, 0.15) is 0 Å². The summed E-state index contributed by atoms with van der Waals surface area (Å²) in [4.78, 5) is 0. The Labute approximate surface area is 125 Å². The van der Waals surface area contributed by atoms with Gasteiger partial charge in [-0.1, -0.05) is 19.6 Å². The highest BCUT2D eigenvalue weighted by molar-refractivity contribution is 8.25. The summed E-state index contributed by atoms with van der Waals surface area (Å²) in [7, 11) is -4.69. The van der Waals surface area contributed by atoms with Gasteiger partial charge in [0.25, 0.3) is 0 Å². The van der Waals surface area contributed by atoms with E-state index in [-0.39, 0.29) is 0 Å². The van der Waals surface area contributed by atoms with Gasteiger partial charge in [-0.2, -0.15) is 0 Å². The van der Waals surface area contributed by atoms with Crippen molar-refractivity contribution in [3.63, 3.8) is 0 Å². The Morgan fingerprint density at radius 3 is 1.50 bits per heavy atom. The van der Waals surface area contributed by atoms with Crippen molar-refractivity contribution in [2.45, 2.75) is 19.6 Å². The molecule has 7 heteroatoms. The summed E-state index contributed by atoms with van der Waals surface area (Å²) >= 11 is 0. The molecule has 0 spiro atoms. The van der Waals surface area contributed by atoms with Crippen LogP contribution in [0, 0.1) is 0 Å². The lowest BCUT2D eigenvalue weighted by Gasteiger charge is -2.30. The Kier molecular flexibility index (Phi) is 2.82. The van der Waals surface area contributed by atoms with Crippen LogP contribution in [0.25, 0.3) is 0 Å². The van der Waals surface area contributed by atoms with E-state index in [0.29, 0.717) is 0 Å². The molecule has 1 aromatic carbocycles. The van der Waals surface area contributed by atoms with Crippen LogP contribution in [0.2, 0.25) is 19.6 Å². The van der Waals surface area contributed by atoms with E-state index < -0.39 is 29.3 Å². The lowest BCUT2D eigenvalue weighted by atomic mass is 10.3. The molecule has 4 nitrogen and oxygen atoms in total. The first-order valence-corrected chi connectivity index (χ1v) is 14.5. The number of hydrogen-bond donors (Lipinski definition) is 0. The molecule has 2 heterocycles. The standard InChI is InChI=1S/C13H22O4S2Si/c1-18(2)14-9-8-10-12(17-19(3,4)15-10)13(11(9)16-18)20(5,6)7/h8H,1-7H3. The molecule has 0 saturated heterocycles. The first-order valence-electron chi connectivity index (χ1n) is 6.44. The van der Waals surface area contributed by atoms with E-state index in [1.807, 2.05) is 31.1 Å². The van der Waals surface area contributed by atoms with Gasteiger partial charge in [-0.25, -0.2) is 0 Å². The molecule has 0 radical (unpaired) electrons. The maximum atomic E-state index is 6.11. The third kappa shape index (κ3) is 2.25. The van der Waals surface area contributed by atoms with Crippen LogP contribution in [-0.2, 0) is 0 Å². The van der Waals surface area contributed by atoms with Gasteiger partial charge in [0.05, 0.1) is 8.07 Å². The molecule has 0 aromatic heterocycles. The second-order valence-electron chi connectivity index (χ2n) is 6.78. The smallest absolute Gasteiger partial charge is 0.200 e. The number of hydrogen-bond acceptors (Lipinski definition) is 4. The van der Waals surface area contributed by atoms with Crippen molar-refractivity contribution in [3.05, 3.63) is 6.07 Å². The number of rotatable bonds is 1. The van der Waals surface area contributed by atoms with Crippen molar-refractivity contribution in [2.24, 2.45) is 0 Å². The fourth-order valence-corrected chi connectivity index (χ4v) is 6.61. The Morgan fingerprint density at radius 2 is 1.15 bits per heavy atom. The third-order valence-corrected chi connectivity index (χ3v) is 7.31. The van der Waals surface area contributed by atoms with Crippen LogP contribution in [0.4, 0.5) is 0 Å². The van der Waals surface area contributed by atoms with E-state index in [1.165, 1.54) is 5.19 Å². The monoisotopic (exact) mass is 334 g/mol. The Hall–Kier alpha value is -0.663. The van der Waals surface area contributed by atoms with Crippen molar-refractivity contribution < 1.29 is 16.7 Å². The van der Waals surface area contributed by atoms with Gasteiger partial charge in [0.15, 0.2) is 11.5 Å². The molecule has 3 rings (SSSR count). The van der Waals surface area contributed by atoms with Crippen molar-refractivity contribution in [1.29, 1.82) is 0 Å². The predicted molar refractivity (Wildman–Crippen MR) is 90.8 cm³/mol. The van der Waals surface area contributed by atoms with Crippen molar-refractivity contribution >= 4 is 34.4 Å². The maximum absolute atomic E-state index is 6.11. The van der Waals surface area contributed by atoms with Gasteiger partial charge >= 0.3 is 0 Å². The zero-order valence-corrected chi connectivity index (χ0v) is 15.7. The summed E-state index contributed by atoms with van der Waals surface area (Å²) in [5, 5.41) is 1.18. The molecule has 2 aliphatic heterocycles. The SMILES string of the molecule is C[Si](C)(C)c1c2c(cc3c1OS(C)(C)O3)OS(C)(C)O2. The molecule has 0 atom stereocenters. The van der Waals surface area contributed by atoms with Gasteiger partial charge in [0.2, 0.25) is 11.5 Å². The largest absolute Gasteiger partial charge is 0.380 e. The summed E-state index contributed by atoms with van der Waals surface area (Å²) in [5.74, 6) is 3.37. The highest BCUT2D eigenvalue weighted by atomic mass is 32.3. The summed E-state index contributed by atoms with van der Waals surface area (Å²) < 4.78 is 24.2. The van der Waals surface area contributed by atoms with E-state index in [1.54, 1.807) is 0 Å². The van der Waals surface area contributed by atoms with E-state index >= 15 is 0 Å². The Balaban J connectivity index is 2.23. The molecule has 0 amide bonds. The Morgan fingerprint density at radius 1 is 0.750 bits per heavy atom. The van der Waals surface area contributed by atoms with Crippen LogP contribution in [0.3, 0.4) is 0 Å². The van der Waals surface area contributed by atoms with Gasteiger partial charge in [-0.15, -0.1) is 21.2 Å². The third-order valence-electron chi connectivity index (χ3n) is 3.06. The summed E-state index contributed by atoms with van der Waals surface area (Å²) in [5.41, 5.74) is 0. The van der Waals surface area contributed by atoms with Crippen LogP contribution in [-0.4, -0.2) is 33.1 Å². The van der Waals surface area contributed by atoms with E-state index in [9.17, 15) is 0 Å². The van der Waals surface area contributed by atoms with Gasteiger partial charge in [0.1, 0.15) is 0 Å². The quantitative estimate of drug-likeness (QED) is 0.736. The molecule has 1 aromatic rings. The minimum atomic E-state index is -1.66. The fraction of sp³-hybridized carbons (Fsp3) is 0.538. The zero-order chi connectivity index (χ0) is 14.9. The molecule has 0 saturated carbocycles. The van der Waals surface area contributed by atoms with Crippen LogP contribution >= 0.6 is 21.2 Å². The van der Waals surface area contributed by atoms with Crippen LogP contribution < -0.4 is 21.9 Å². The number of benzene rings is 1. The molecular formula is C13H22O4S2Si. The summed E-state index contributed by atoms with van der Waals surface area (Å²) in [6, 6.07) is 1.93. The molecule has 2 aliphatic rings. The first kappa shape index (κ1) is 14.3. The fourth-order valence-electron chi connectivity index (χ4n) is 2.44. The summed E-state index contributed by atoms with van der Waals surface area (Å²) in [6.45, 7) is 6.87. The van der Waals surface area contributed by atoms with E-state index in [4.69, 9.17) is 16.7 Å². The maximum Gasteiger partial charge on any atom is 0.200 e. The van der Waals surface area contributed by atoms with E-state index in [2.05, 4.69) is 19.6 Å². The molecule has 0 aliphatic carbocycles. The lowest BCUT2D eigenvalue weighted by molar-refractivity contribution is 0.581. The van der Waals surface area contributed by atoms with Gasteiger partial charge in [-0.3, -0.25) is 0 Å². The Bertz CT molecular complexity index is 551. The molecule has 0 bridgehead atoms. The second-order valence-corrected chi connectivity index (χ2v) is 17.0. The highest BCUT2D eigenvalue weighted by Crippen LogP contribution is 2.61. The molecule has 20 heavy (non-hydrogen) atoms. The van der Waals surface area contributed by atoms with Crippen LogP contribution in [0.5, 0.6) is 23.0 Å². The van der Waals surface area contributed by atoms with Gasteiger partial charge < -0.3 is 16.7 Å². The zero-order valence-electron chi connectivity index (χ0n) is 13.0. The first-order chi connectivity index (χ1) is 8.99. The predicted octanol–water partition coefficient (Wildman–Crippen LogP) is 3.56. The molecule has 0 fully saturated rings. The van der Waals surface area contributed by atoms with Crippen molar-refractivity contribution in [2.75, 3.05) is 25.0 Å². The normalized spacial score (nSPS) is 24.4. The topological polar surface area (TPSA) is 36.9 Å². The lowest BCUT2D eigenvalue weighted by Crippen LogP contribution is -2.39. The molecule has 0 N–H and O–H groups in total. The van der Waals surface area contributed by atoms with Crippen LogP contribution in [0.15, 0.2) is 6.07 Å². The highest BCUT2D eigenvalue weighted by Gasteiger charge is 2.42.